The van der Waals surface area contributed by atoms with Gasteiger partial charge in [-0.1, -0.05) is 47.5 Å². The number of anilines is 1. The second kappa shape index (κ2) is 10.7. The average Bonchev–Trinajstić information content (AvgIpc) is 2.69. The minimum Gasteiger partial charge on any atom is -0.379 e. The summed E-state index contributed by atoms with van der Waals surface area (Å²) in [4.78, 5) is 17.1. The van der Waals surface area contributed by atoms with E-state index in [0.29, 0.717) is 28.8 Å². The van der Waals surface area contributed by atoms with Crippen molar-refractivity contribution in [2.45, 2.75) is 13.0 Å². The standard InChI is InChI=1S/C21H25Cl2N3O2/c22-18-6-3-7-19(15-18)24-21(27)26(16-17-5-1-2-8-20(17)23)10-4-9-25-11-13-28-14-12-25/h1-3,5-8,15H,4,9-14,16H2,(H,24,27). The smallest absolute Gasteiger partial charge is 0.322 e. The third-order valence-electron chi connectivity index (χ3n) is 4.69. The van der Waals surface area contributed by atoms with Crippen LogP contribution >= 0.6 is 23.2 Å². The molecule has 2 amide bonds. The molecule has 0 bridgehead atoms. The van der Waals surface area contributed by atoms with Crippen LogP contribution in [0.25, 0.3) is 0 Å². The molecule has 1 heterocycles. The van der Waals surface area contributed by atoms with Gasteiger partial charge in [-0.2, -0.15) is 0 Å². The molecule has 2 aromatic carbocycles. The van der Waals surface area contributed by atoms with Crippen molar-refractivity contribution < 1.29 is 9.53 Å². The van der Waals surface area contributed by atoms with Crippen LogP contribution in [0.5, 0.6) is 0 Å². The minimum absolute atomic E-state index is 0.163. The molecule has 1 fully saturated rings. The van der Waals surface area contributed by atoms with Crippen molar-refractivity contribution in [2.24, 2.45) is 0 Å². The number of hydrogen-bond donors (Lipinski definition) is 1. The zero-order valence-corrected chi connectivity index (χ0v) is 17.3. The van der Waals surface area contributed by atoms with E-state index in [1.165, 1.54) is 0 Å². The van der Waals surface area contributed by atoms with Gasteiger partial charge in [0.05, 0.1) is 13.2 Å². The zero-order chi connectivity index (χ0) is 19.8. The Morgan fingerprint density at radius 3 is 2.64 bits per heavy atom. The number of nitrogens with zero attached hydrogens (tertiary/aromatic N) is 2. The molecule has 1 N–H and O–H groups in total. The highest BCUT2D eigenvalue weighted by Gasteiger charge is 2.17. The van der Waals surface area contributed by atoms with Crippen LogP contribution in [0.4, 0.5) is 10.5 Å². The third-order valence-corrected chi connectivity index (χ3v) is 5.29. The van der Waals surface area contributed by atoms with Crippen molar-refractivity contribution >= 4 is 34.9 Å². The van der Waals surface area contributed by atoms with Crippen LogP contribution in [0.3, 0.4) is 0 Å². The van der Waals surface area contributed by atoms with Crippen LogP contribution in [-0.4, -0.2) is 55.2 Å². The maximum Gasteiger partial charge on any atom is 0.322 e. The van der Waals surface area contributed by atoms with Crippen molar-refractivity contribution in [3.8, 4) is 0 Å². The number of amides is 2. The molecule has 5 nitrogen and oxygen atoms in total. The number of morpholine rings is 1. The first-order chi connectivity index (χ1) is 13.6. The number of carbonyl (C=O) groups excluding carboxylic acids is 1. The highest BCUT2D eigenvalue weighted by molar-refractivity contribution is 6.31. The summed E-state index contributed by atoms with van der Waals surface area (Å²) in [7, 11) is 0. The van der Waals surface area contributed by atoms with Crippen LogP contribution in [0, 0.1) is 0 Å². The molecule has 1 aliphatic heterocycles. The van der Waals surface area contributed by atoms with Crippen molar-refractivity contribution in [3.05, 3.63) is 64.1 Å². The largest absolute Gasteiger partial charge is 0.379 e. The van der Waals surface area contributed by atoms with E-state index in [4.69, 9.17) is 27.9 Å². The van der Waals surface area contributed by atoms with E-state index >= 15 is 0 Å². The van der Waals surface area contributed by atoms with Gasteiger partial charge < -0.3 is 15.0 Å². The first kappa shape index (κ1) is 20.9. The molecule has 0 atom stereocenters. The Balaban J connectivity index is 1.64. The van der Waals surface area contributed by atoms with Crippen molar-refractivity contribution in [3.63, 3.8) is 0 Å². The van der Waals surface area contributed by atoms with Gasteiger partial charge in [0.25, 0.3) is 0 Å². The van der Waals surface area contributed by atoms with Crippen LogP contribution in [0.2, 0.25) is 10.0 Å². The summed E-state index contributed by atoms with van der Waals surface area (Å²) >= 11 is 12.3. The summed E-state index contributed by atoms with van der Waals surface area (Å²) in [5.41, 5.74) is 1.60. The fraction of sp³-hybridized carbons (Fsp3) is 0.381. The predicted molar refractivity (Wildman–Crippen MR) is 114 cm³/mol. The Morgan fingerprint density at radius 2 is 1.89 bits per heavy atom. The molecule has 1 aliphatic rings. The maximum absolute atomic E-state index is 12.9. The third kappa shape index (κ3) is 6.38. The Bertz CT molecular complexity index is 782. The molecule has 7 heteroatoms. The number of urea groups is 1. The van der Waals surface area contributed by atoms with Gasteiger partial charge >= 0.3 is 6.03 Å². The molecule has 0 spiro atoms. The van der Waals surface area contributed by atoms with Crippen LogP contribution in [0.15, 0.2) is 48.5 Å². The number of carbonyl (C=O) groups is 1. The summed E-state index contributed by atoms with van der Waals surface area (Å²) < 4.78 is 5.39. The number of benzene rings is 2. The second-order valence-electron chi connectivity index (χ2n) is 6.76. The topological polar surface area (TPSA) is 44.8 Å². The van der Waals surface area contributed by atoms with Crippen LogP contribution in [0.1, 0.15) is 12.0 Å². The van der Waals surface area contributed by atoms with E-state index in [9.17, 15) is 4.79 Å². The lowest BCUT2D eigenvalue weighted by Gasteiger charge is -2.28. The van der Waals surface area contributed by atoms with Crippen molar-refractivity contribution in [1.29, 1.82) is 0 Å². The quantitative estimate of drug-likeness (QED) is 0.701. The lowest BCUT2D eigenvalue weighted by atomic mass is 10.2. The summed E-state index contributed by atoms with van der Waals surface area (Å²) in [6.07, 6.45) is 0.882. The fourth-order valence-electron chi connectivity index (χ4n) is 3.16. The molecular weight excluding hydrogens is 397 g/mol. The maximum atomic E-state index is 12.9. The molecule has 0 saturated carbocycles. The SMILES string of the molecule is O=C(Nc1cccc(Cl)c1)N(CCCN1CCOCC1)Cc1ccccc1Cl. The Kier molecular flexibility index (Phi) is 7.98. The number of rotatable bonds is 7. The number of hydrogen-bond acceptors (Lipinski definition) is 3. The molecule has 2 aromatic rings. The van der Waals surface area contributed by atoms with Gasteiger partial charge in [-0.05, 0) is 36.2 Å². The lowest BCUT2D eigenvalue weighted by Crippen LogP contribution is -2.40. The average molecular weight is 422 g/mol. The number of halogens is 2. The predicted octanol–water partition coefficient (Wildman–Crippen LogP) is 4.75. The van der Waals surface area contributed by atoms with Gasteiger partial charge in [0.1, 0.15) is 0 Å². The van der Waals surface area contributed by atoms with Crippen molar-refractivity contribution in [1.82, 2.24) is 9.80 Å². The summed E-state index contributed by atoms with van der Waals surface area (Å²) in [5.74, 6) is 0. The Hall–Kier alpha value is -1.79. The van der Waals surface area contributed by atoms with E-state index in [0.717, 1.165) is 44.8 Å². The van der Waals surface area contributed by atoms with E-state index in [1.807, 2.05) is 36.4 Å². The molecular formula is C21H25Cl2N3O2. The minimum atomic E-state index is -0.163. The second-order valence-corrected chi connectivity index (χ2v) is 7.60. The number of nitrogens with one attached hydrogen (secondary N) is 1. The molecule has 0 radical (unpaired) electrons. The lowest BCUT2D eigenvalue weighted by molar-refractivity contribution is 0.0365. The van der Waals surface area contributed by atoms with Gasteiger partial charge in [-0.25, -0.2) is 4.79 Å². The summed E-state index contributed by atoms with van der Waals surface area (Å²) in [6.45, 7) is 5.46. The van der Waals surface area contributed by atoms with Gasteiger partial charge in [-0.3, -0.25) is 4.90 Å². The van der Waals surface area contributed by atoms with Gasteiger partial charge in [0.2, 0.25) is 0 Å². The molecule has 0 aliphatic carbocycles. The molecule has 0 unspecified atom stereocenters. The molecule has 28 heavy (non-hydrogen) atoms. The summed E-state index contributed by atoms with van der Waals surface area (Å²) in [6, 6.07) is 14.6. The van der Waals surface area contributed by atoms with Gasteiger partial charge in [-0.15, -0.1) is 0 Å². The Morgan fingerprint density at radius 1 is 1.11 bits per heavy atom. The van der Waals surface area contributed by atoms with Crippen molar-refractivity contribution in [2.75, 3.05) is 44.7 Å². The zero-order valence-electron chi connectivity index (χ0n) is 15.7. The Labute approximate surface area is 176 Å². The van der Waals surface area contributed by atoms with Gasteiger partial charge in [0, 0.05) is 48.5 Å². The number of ether oxygens (including phenoxy) is 1. The highest BCUT2D eigenvalue weighted by atomic mass is 35.5. The molecule has 1 saturated heterocycles. The molecule has 0 aromatic heterocycles. The van der Waals surface area contributed by atoms with E-state index < -0.39 is 0 Å². The van der Waals surface area contributed by atoms with Crippen LogP contribution < -0.4 is 5.32 Å². The molecule has 3 rings (SSSR count). The van der Waals surface area contributed by atoms with E-state index in [-0.39, 0.29) is 6.03 Å². The monoisotopic (exact) mass is 421 g/mol. The van der Waals surface area contributed by atoms with E-state index in [2.05, 4.69) is 10.2 Å². The molecule has 150 valence electrons. The van der Waals surface area contributed by atoms with Crippen LogP contribution in [-0.2, 0) is 11.3 Å². The first-order valence-corrected chi connectivity index (χ1v) is 10.2. The fourth-order valence-corrected chi connectivity index (χ4v) is 3.55. The summed E-state index contributed by atoms with van der Waals surface area (Å²) in [5, 5.41) is 4.19. The first-order valence-electron chi connectivity index (χ1n) is 9.47. The highest BCUT2D eigenvalue weighted by Crippen LogP contribution is 2.19. The van der Waals surface area contributed by atoms with Gasteiger partial charge in [0.15, 0.2) is 0 Å². The van der Waals surface area contributed by atoms with E-state index in [1.54, 1.807) is 17.0 Å². The normalized spacial score (nSPS) is 14.6.